The zero-order valence-corrected chi connectivity index (χ0v) is 24.3. The maximum atomic E-state index is 12.1. The number of hydrogen-bond donors (Lipinski definition) is 2. The van der Waals surface area contributed by atoms with Gasteiger partial charge in [0.15, 0.2) is 36.7 Å². The molecule has 236 valence electrons. The van der Waals surface area contributed by atoms with Crippen molar-refractivity contribution >= 4 is 23.9 Å². The lowest BCUT2D eigenvalue weighted by atomic mass is 9.97. The molecule has 0 spiro atoms. The van der Waals surface area contributed by atoms with Crippen molar-refractivity contribution in [2.24, 2.45) is 0 Å². The topological polar surface area (TPSA) is 201 Å². The van der Waals surface area contributed by atoms with E-state index in [2.05, 4.69) is 0 Å². The molecule has 0 aromatic carbocycles. The molecule has 0 saturated carbocycles. The van der Waals surface area contributed by atoms with Crippen LogP contribution in [0.5, 0.6) is 0 Å². The standard InChI is InChI=1S/C25H40O16/c1-11(27)34-10-16-18(35-12(2)28)19(36-13(3)29)21(37-14(4)30)24(38-16)39-17(15(31)9-26)20-22(23(32-7)33-8)41-25(5,6)40-20/h15-24,26,31H,9-10H2,1-8H3/t15-,16-,17-,18-,19+,20+,21-,22-,24-/m1/s1. The largest absolute Gasteiger partial charge is 0.463 e. The third-order valence-electron chi connectivity index (χ3n) is 6.03. The fourth-order valence-electron chi connectivity index (χ4n) is 4.59. The molecule has 0 amide bonds. The Morgan fingerprint density at radius 2 is 1.32 bits per heavy atom. The molecule has 41 heavy (non-hydrogen) atoms. The molecule has 0 aromatic rings. The summed E-state index contributed by atoms with van der Waals surface area (Å²) in [6, 6.07) is 0. The van der Waals surface area contributed by atoms with Gasteiger partial charge >= 0.3 is 23.9 Å². The highest BCUT2D eigenvalue weighted by atomic mass is 16.8. The van der Waals surface area contributed by atoms with Crippen molar-refractivity contribution in [2.45, 2.75) is 109 Å². The Balaban J connectivity index is 2.58. The van der Waals surface area contributed by atoms with E-state index in [9.17, 15) is 29.4 Å². The Labute approximate surface area is 237 Å². The second kappa shape index (κ2) is 15.2. The van der Waals surface area contributed by atoms with Gasteiger partial charge in [-0.2, -0.15) is 0 Å². The van der Waals surface area contributed by atoms with Gasteiger partial charge in [-0.25, -0.2) is 0 Å². The Morgan fingerprint density at radius 3 is 1.80 bits per heavy atom. The van der Waals surface area contributed by atoms with Gasteiger partial charge in [-0.15, -0.1) is 0 Å². The van der Waals surface area contributed by atoms with Gasteiger partial charge in [0.25, 0.3) is 0 Å². The number of aliphatic hydroxyl groups is 2. The molecule has 2 aliphatic heterocycles. The predicted octanol–water partition coefficient (Wildman–Crippen LogP) is -1.05. The summed E-state index contributed by atoms with van der Waals surface area (Å²) in [5.74, 6) is -4.39. The van der Waals surface area contributed by atoms with E-state index in [1.807, 2.05) is 0 Å². The minimum atomic E-state index is -1.65. The van der Waals surface area contributed by atoms with E-state index in [-0.39, 0.29) is 0 Å². The third kappa shape index (κ3) is 9.54. The highest BCUT2D eigenvalue weighted by Crippen LogP contribution is 2.37. The van der Waals surface area contributed by atoms with Crippen LogP contribution in [0.15, 0.2) is 0 Å². The van der Waals surface area contributed by atoms with Crippen LogP contribution in [0, 0.1) is 0 Å². The van der Waals surface area contributed by atoms with Gasteiger partial charge in [0.2, 0.25) is 0 Å². The normalized spacial score (nSPS) is 30.8. The molecule has 2 rings (SSSR count). The summed E-state index contributed by atoms with van der Waals surface area (Å²) in [6.07, 6.45) is -13.7. The number of methoxy groups -OCH3 is 2. The summed E-state index contributed by atoms with van der Waals surface area (Å²) >= 11 is 0. The molecule has 0 aromatic heterocycles. The maximum Gasteiger partial charge on any atom is 0.303 e. The third-order valence-corrected chi connectivity index (χ3v) is 6.03. The zero-order chi connectivity index (χ0) is 31.1. The Hall–Kier alpha value is -2.44. The van der Waals surface area contributed by atoms with E-state index in [0.717, 1.165) is 27.7 Å². The first-order chi connectivity index (χ1) is 19.1. The molecule has 0 aliphatic carbocycles. The number of aliphatic hydroxyl groups excluding tert-OH is 2. The summed E-state index contributed by atoms with van der Waals surface area (Å²) < 4.78 is 55.9. The highest BCUT2D eigenvalue weighted by Gasteiger charge is 2.56. The predicted molar refractivity (Wildman–Crippen MR) is 132 cm³/mol. The molecule has 16 heteroatoms. The number of rotatable bonds is 13. The van der Waals surface area contributed by atoms with Crippen LogP contribution in [0.1, 0.15) is 41.5 Å². The van der Waals surface area contributed by atoms with Crippen molar-refractivity contribution in [2.75, 3.05) is 27.4 Å². The van der Waals surface area contributed by atoms with Crippen LogP contribution in [0.3, 0.4) is 0 Å². The van der Waals surface area contributed by atoms with Gasteiger partial charge in [0, 0.05) is 41.9 Å². The Kier molecular flexibility index (Phi) is 12.8. The summed E-state index contributed by atoms with van der Waals surface area (Å²) in [4.78, 5) is 47.8. The fraction of sp³-hybridized carbons (Fsp3) is 0.840. The second-order valence-corrected chi connectivity index (χ2v) is 9.82. The van der Waals surface area contributed by atoms with Crippen LogP contribution >= 0.6 is 0 Å². The van der Waals surface area contributed by atoms with Gasteiger partial charge in [-0.3, -0.25) is 19.2 Å². The van der Waals surface area contributed by atoms with E-state index in [1.165, 1.54) is 14.2 Å². The zero-order valence-electron chi connectivity index (χ0n) is 24.3. The van der Waals surface area contributed by atoms with Gasteiger partial charge in [0.1, 0.15) is 37.1 Å². The van der Waals surface area contributed by atoms with Gasteiger partial charge in [-0.1, -0.05) is 0 Å². The Morgan fingerprint density at radius 1 is 0.805 bits per heavy atom. The first-order valence-electron chi connectivity index (χ1n) is 12.8. The molecular formula is C25H40O16. The first-order valence-corrected chi connectivity index (χ1v) is 12.8. The highest BCUT2D eigenvalue weighted by molar-refractivity contribution is 5.68. The minimum absolute atomic E-state index is 0.487. The number of esters is 4. The average molecular weight is 597 g/mol. The lowest BCUT2D eigenvalue weighted by Gasteiger charge is -2.45. The van der Waals surface area contributed by atoms with Crippen molar-refractivity contribution in [3.8, 4) is 0 Å². The van der Waals surface area contributed by atoms with E-state index >= 15 is 0 Å². The molecule has 16 nitrogen and oxygen atoms in total. The van der Waals surface area contributed by atoms with E-state index in [1.54, 1.807) is 13.8 Å². The summed E-state index contributed by atoms with van der Waals surface area (Å²) in [5.41, 5.74) is 0. The van der Waals surface area contributed by atoms with Gasteiger partial charge in [-0.05, 0) is 13.8 Å². The molecule has 2 aliphatic rings. The Bertz CT molecular complexity index is 904. The van der Waals surface area contributed by atoms with Crippen molar-refractivity contribution in [3.05, 3.63) is 0 Å². The van der Waals surface area contributed by atoms with Crippen molar-refractivity contribution < 1.29 is 76.8 Å². The van der Waals surface area contributed by atoms with E-state index in [4.69, 9.17) is 47.4 Å². The molecule has 2 N–H and O–H groups in total. The van der Waals surface area contributed by atoms with Gasteiger partial charge in [0.05, 0.1) is 6.61 Å². The summed E-state index contributed by atoms with van der Waals surface area (Å²) in [5, 5.41) is 20.7. The van der Waals surface area contributed by atoms with E-state index < -0.39 is 104 Å². The SMILES string of the molecule is COC(OC)[C@@H]1OC(C)(C)O[C@H]1[C@H](O[C@H]1O[C@H](COC(C)=O)[C@@H](OC(C)=O)[C@H](OC(C)=O)[C@H]1OC(C)=O)[C@H](O)CO. The number of carbonyl (C=O) groups excluding carboxylic acids is 4. The first kappa shape index (κ1) is 34.8. The smallest absolute Gasteiger partial charge is 0.303 e. The van der Waals surface area contributed by atoms with Crippen molar-refractivity contribution in [3.63, 3.8) is 0 Å². The lowest BCUT2D eigenvalue weighted by Crippen LogP contribution is -2.64. The summed E-state index contributed by atoms with van der Waals surface area (Å²) in [6.45, 7) is 6.27. The quantitative estimate of drug-likeness (QED) is 0.148. The lowest BCUT2D eigenvalue weighted by molar-refractivity contribution is -0.331. The molecule has 0 bridgehead atoms. The van der Waals surface area contributed by atoms with Crippen molar-refractivity contribution in [1.82, 2.24) is 0 Å². The maximum absolute atomic E-state index is 12.1. The monoisotopic (exact) mass is 596 g/mol. The van der Waals surface area contributed by atoms with Crippen LogP contribution in [0.2, 0.25) is 0 Å². The molecule has 2 fully saturated rings. The summed E-state index contributed by atoms with van der Waals surface area (Å²) in [7, 11) is 2.72. The molecule has 2 saturated heterocycles. The number of carbonyl (C=O) groups is 4. The second-order valence-electron chi connectivity index (χ2n) is 9.82. The van der Waals surface area contributed by atoms with Crippen LogP contribution in [-0.4, -0.2) is 129 Å². The van der Waals surface area contributed by atoms with Crippen LogP contribution in [-0.2, 0) is 66.5 Å². The molecule has 0 radical (unpaired) electrons. The van der Waals surface area contributed by atoms with Crippen LogP contribution < -0.4 is 0 Å². The fourth-order valence-corrected chi connectivity index (χ4v) is 4.59. The molecular weight excluding hydrogens is 556 g/mol. The van der Waals surface area contributed by atoms with E-state index in [0.29, 0.717) is 0 Å². The minimum Gasteiger partial charge on any atom is -0.463 e. The van der Waals surface area contributed by atoms with Crippen LogP contribution in [0.4, 0.5) is 0 Å². The van der Waals surface area contributed by atoms with Crippen LogP contribution in [0.25, 0.3) is 0 Å². The van der Waals surface area contributed by atoms with Gasteiger partial charge < -0.3 is 57.6 Å². The molecule has 9 atom stereocenters. The molecule has 0 unspecified atom stereocenters. The number of ether oxygens (including phenoxy) is 10. The molecule has 2 heterocycles. The average Bonchev–Trinajstić information content (AvgIpc) is 3.18. The number of hydrogen-bond acceptors (Lipinski definition) is 16. The van der Waals surface area contributed by atoms with Crippen molar-refractivity contribution in [1.29, 1.82) is 0 Å².